The van der Waals surface area contributed by atoms with Crippen LogP contribution in [0.4, 0.5) is 0 Å². The zero-order valence-corrected chi connectivity index (χ0v) is 11.1. The van der Waals surface area contributed by atoms with Crippen LogP contribution in [0.5, 0.6) is 0 Å². The maximum Gasteiger partial charge on any atom is 0.179 e. The predicted molar refractivity (Wildman–Crippen MR) is 72.1 cm³/mol. The number of carbonyl (C=O) groups is 2. The number of rotatable bonds is 0. The lowest BCUT2D eigenvalue weighted by Crippen LogP contribution is -2.10. The summed E-state index contributed by atoms with van der Waals surface area (Å²) in [6, 6.07) is 0. The summed E-state index contributed by atoms with van der Waals surface area (Å²) in [7, 11) is 0. The van der Waals surface area contributed by atoms with Crippen LogP contribution in [0.2, 0.25) is 0 Å². The first-order valence-corrected chi connectivity index (χ1v) is 5.97. The van der Waals surface area contributed by atoms with E-state index in [2.05, 4.69) is 0 Å². The van der Waals surface area contributed by atoms with E-state index < -0.39 is 0 Å². The van der Waals surface area contributed by atoms with Gasteiger partial charge in [-0.15, -0.1) is 0 Å². The molecule has 0 saturated heterocycles. The van der Waals surface area contributed by atoms with E-state index in [4.69, 9.17) is 0 Å². The fourth-order valence-electron chi connectivity index (χ4n) is 2.64. The van der Waals surface area contributed by atoms with Crippen molar-refractivity contribution in [2.45, 2.75) is 27.7 Å². The Balaban J connectivity index is 2.68. The monoisotopic (exact) mass is 240 g/mol. The Morgan fingerprint density at radius 3 is 1.00 bits per heavy atom. The van der Waals surface area contributed by atoms with Crippen molar-refractivity contribution < 1.29 is 9.59 Å². The summed E-state index contributed by atoms with van der Waals surface area (Å²) < 4.78 is 0. The predicted octanol–water partition coefficient (Wildman–Crippen LogP) is 3.23. The molecular formula is C16H16O2. The number of carbonyl (C=O) groups excluding carboxylic acids is 2. The Bertz CT molecular complexity index is 503. The van der Waals surface area contributed by atoms with Crippen molar-refractivity contribution in [3.8, 4) is 0 Å². The molecule has 0 spiro atoms. The highest BCUT2D eigenvalue weighted by Crippen LogP contribution is 2.35. The van der Waals surface area contributed by atoms with E-state index in [0.29, 0.717) is 0 Å². The van der Waals surface area contributed by atoms with Gasteiger partial charge in [-0.2, -0.15) is 0 Å². The van der Waals surface area contributed by atoms with Crippen molar-refractivity contribution in [3.63, 3.8) is 0 Å². The second-order valence-electron chi connectivity index (χ2n) is 4.86. The van der Waals surface area contributed by atoms with Crippen molar-refractivity contribution in [1.29, 1.82) is 0 Å². The molecule has 0 radical (unpaired) electrons. The van der Waals surface area contributed by atoms with E-state index in [1.165, 1.54) is 0 Å². The molecule has 2 aliphatic rings. The van der Waals surface area contributed by atoms with Crippen LogP contribution < -0.4 is 0 Å². The molecule has 2 heteroatoms. The normalized spacial score (nSPS) is 20.4. The van der Waals surface area contributed by atoms with Gasteiger partial charge in [-0.3, -0.25) is 9.59 Å². The zero-order valence-electron chi connectivity index (χ0n) is 11.1. The molecule has 0 N–H and O–H groups in total. The molecule has 18 heavy (non-hydrogen) atoms. The molecule has 0 heterocycles. The van der Waals surface area contributed by atoms with Crippen LogP contribution in [0.3, 0.4) is 0 Å². The largest absolute Gasteiger partial charge is 0.290 e. The molecule has 0 saturated carbocycles. The van der Waals surface area contributed by atoms with Gasteiger partial charge in [0.05, 0.1) is 0 Å². The molecule has 2 aliphatic carbocycles. The SMILES string of the molecule is CC1=CC(=O)C=C(C)C1=C1C(C)=CC(=O)C=C1C. The molecule has 0 aromatic carbocycles. The maximum absolute atomic E-state index is 11.5. The summed E-state index contributed by atoms with van der Waals surface area (Å²) in [5, 5.41) is 0. The van der Waals surface area contributed by atoms with Gasteiger partial charge < -0.3 is 0 Å². The van der Waals surface area contributed by atoms with Crippen LogP contribution >= 0.6 is 0 Å². The summed E-state index contributed by atoms with van der Waals surface area (Å²) in [6.45, 7) is 7.75. The van der Waals surface area contributed by atoms with Gasteiger partial charge in [-0.25, -0.2) is 0 Å². The van der Waals surface area contributed by atoms with Crippen molar-refractivity contribution in [2.75, 3.05) is 0 Å². The lowest BCUT2D eigenvalue weighted by Gasteiger charge is -2.22. The minimum atomic E-state index is 0.0319. The molecule has 2 nitrogen and oxygen atoms in total. The van der Waals surface area contributed by atoms with E-state index in [-0.39, 0.29) is 11.6 Å². The van der Waals surface area contributed by atoms with Crippen molar-refractivity contribution >= 4 is 11.6 Å². The zero-order chi connectivity index (χ0) is 13.4. The molecule has 0 aliphatic heterocycles. The first kappa shape index (κ1) is 12.5. The van der Waals surface area contributed by atoms with Gasteiger partial charge in [0.25, 0.3) is 0 Å². The van der Waals surface area contributed by atoms with E-state index in [1.54, 1.807) is 24.3 Å². The molecule has 0 amide bonds. The van der Waals surface area contributed by atoms with Crippen LogP contribution in [0.1, 0.15) is 27.7 Å². The molecule has 0 atom stereocenters. The van der Waals surface area contributed by atoms with Crippen molar-refractivity contribution in [1.82, 2.24) is 0 Å². The summed E-state index contributed by atoms with van der Waals surface area (Å²) in [5.74, 6) is 0.0639. The van der Waals surface area contributed by atoms with Gasteiger partial charge in [0.1, 0.15) is 0 Å². The third-order valence-electron chi connectivity index (χ3n) is 3.26. The van der Waals surface area contributed by atoms with Gasteiger partial charge in [-0.1, -0.05) is 0 Å². The van der Waals surface area contributed by atoms with Crippen LogP contribution in [0.15, 0.2) is 57.7 Å². The second-order valence-corrected chi connectivity index (χ2v) is 4.86. The fourth-order valence-corrected chi connectivity index (χ4v) is 2.64. The molecule has 0 fully saturated rings. The molecule has 0 bridgehead atoms. The smallest absolute Gasteiger partial charge is 0.179 e. The Morgan fingerprint density at radius 2 is 0.778 bits per heavy atom. The highest BCUT2D eigenvalue weighted by atomic mass is 16.1. The van der Waals surface area contributed by atoms with Gasteiger partial charge in [-0.05, 0) is 85.4 Å². The van der Waals surface area contributed by atoms with E-state index in [0.717, 1.165) is 33.4 Å². The molecule has 0 aromatic heterocycles. The molecule has 92 valence electrons. The van der Waals surface area contributed by atoms with Gasteiger partial charge in [0.2, 0.25) is 0 Å². The topological polar surface area (TPSA) is 34.1 Å². The quantitative estimate of drug-likeness (QED) is 0.651. The van der Waals surface area contributed by atoms with Crippen LogP contribution in [-0.4, -0.2) is 11.6 Å². The summed E-state index contributed by atoms with van der Waals surface area (Å²) in [6.07, 6.45) is 6.58. The average Bonchev–Trinajstić information content (AvgIpc) is 2.20. The number of allylic oxidation sites excluding steroid dienone is 10. The van der Waals surface area contributed by atoms with Gasteiger partial charge >= 0.3 is 0 Å². The Hall–Kier alpha value is -1.96. The third-order valence-corrected chi connectivity index (χ3v) is 3.26. The van der Waals surface area contributed by atoms with Crippen molar-refractivity contribution in [2.24, 2.45) is 0 Å². The van der Waals surface area contributed by atoms with Crippen LogP contribution in [0, 0.1) is 0 Å². The number of ketones is 2. The number of hydrogen-bond acceptors (Lipinski definition) is 2. The molecule has 0 unspecified atom stereocenters. The highest BCUT2D eigenvalue weighted by Gasteiger charge is 2.21. The fraction of sp³-hybridized carbons (Fsp3) is 0.250. The Kier molecular flexibility index (Phi) is 3.04. The third kappa shape index (κ3) is 2.06. The van der Waals surface area contributed by atoms with E-state index in [9.17, 15) is 9.59 Å². The lowest BCUT2D eigenvalue weighted by molar-refractivity contribution is -0.111. The Labute approximate surface area is 107 Å². The summed E-state index contributed by atoms with van der Waals surface area (Å²) >= 11 is 0. The van der Waals surface area contributed by atoms with E-state index in [1.807, 2.05) is 27.7 Å². The Morgan fingerprint density at radius 1 is 0.556 bits per heavy atom. The summed E-state index contributed by atoms with van der Waals surface area (Å²) in [4.78, 5) is 22.9. The second kappa shape index (κ2) is 4.37. The van der Waals surface area contributed by atoms with Crippen molar-refractivity contribution in [3.05, 3.63) is 57.7 Å². The van der Waals surface area contributed by atoms with Crippen LogP contribution in [-0.2, 0) is 9.59 Å². The number of hydrogen-bond donors (Lipinski definition) is 0. The minimum Gasteiger partial charge on any atom is -0.290 e. The first-order chi connectivity index (χ1) is 8.40. The first-order valence-electron chi connectivity index (χ1n) is 5.97. The van der Waals surface area contributed by atoms with Gasteiger partial charge in [0.15, 0.2) is 11.6 Å². The average molecular weight is 240 g/mol. The molecule has 0 aromatic rings. The standard InChI is InChI=1S/C16H16O2/c1-9-5-13(17)6-10(2)15(9)16-11(3)7-14(18)8-12(16)4/h5-8H,1-4H3. The maximum atomic E-state index is 11.5. The van der Waals surface area contributed by atoms with Gasteiger partial charge in [0, 0.05) is 0 Å². The molecule has 2 rings (SSSR count). The highest BCUT2D eigenvalue weighted by molar-refractivity contribution is 6.05. The minimum absolute atomic E-state index is 0.0319. The van der Waals surface area contributed by atoms with Crippen LogP contribution in [0.25, 0.3) is 0 Å². The lowest BCUT2D eigenvalue weighted by atomic mass is 9.82. The van der Waals surface area contributed by atoms with E-state index >= 15 is 0 Å². The molecular weight excluding hydrogens is 224 g/mol. The summed E-state index contributed by atoms with van der Waals surface area (Å²) in [5.41, 5.74) is 6.00.